The number of esters is 1. The standard InChI is InChI=1S/C33H43O8PSi/c1-6-37-42(35,38-7-2)25-36-31-23-29(41-32(34)26-17-11-8-12-18-26)30(40-31)24-39-43(33(3,4)5,27-19-13-9-14-20-27)28-21-15-10-16-22-28/h8-22,29-31H,6-7,23-25H2,1-5H3/t29?,30-,31+/m1/s1. The Balaban J connectivity index is 1.62. The minimum atomic E-state index is -3.47. The van der Waals surface area contributed by atoms with E-state index in [0.29, 0.717) is 5.56 Å². The first-order valence-electron chi connectivity index (χ1n) is 14.8. The van der Waals surface area contributed by atoms with Crippen molar-refractivity contribution in [2.45, 2.75) is 64.6 Å². The SMILES string of the molecule is CCOP(=O)(CO[C@@H]1CC(OC(=O)c2ccccc2)[C@@H](CO[Si](c2ccccc2)(c2ccccc2)C(C)(C)C)O1)OCC. The van der Waals surface area contributed by atoms with Gasteiger partial charge in [-0.15, -0.1) is 0 Å². The molecule has 0 radical (unpaired) electrons. The highest BCUT2D eigenvalue weighted by atomic mass is 31.2. The Labute approximate surface area is 256 Å². The van der Waals surface area contributed by atoms with Gasteiger partial charge in [-0.05, 0) is 41.4 Å². The molecule has 10 heteroatoms. The second kappa shape index (κ2) is 14.9. The maximum absolute atomic E-state index is 13.1. The van der Waals surface area contributed by atoms with E-state index in [1.165, 1.54) is 0 Å². The number of carbonyl (C=O) groups excluding carboxylic acids is 1. The molecule has 3 atom stereocenters. The normalized spacial score (nSPS) is 19.3. The fourth-order valence-electron chi connectivity index (χ4n) is 5.49. The largest absolute Gasteiger partial charge is 0.456 e. The summed E-state index contributed by atoms with van der Waals surface area (Å²) >= 11 is 0. The number of rotatable bonds is 14. The monoisotopic (exact) mass is 626 g/mol. The molecule has 3 aromatic rings. The van der Waals surface area contributed by atoms with Gasteiger partial charge in [0.25, 0.3) is 8.32 Å². The lowest BCUT2D eigenvalue weighted by Crippen LogP contribution is -2.67. The van der Waals surface area contributed by atoms with E-state index in [1.54, 1.807) is 38.1 Å². The van der Waals surface area contributed by atoms with Crippen LogP contribution in [0.1, 0.15) is 51.4 Å². The maximum Gasteiger partial charge on any atom is 0.356 e. The summed E-state index contributed by atoms with van der Waals surface area (Å²) in [5, 5.41) is 2.01. The van der Waals surface area contributed by atoms with Crippen molar-refractivity contribution in [1.82, 2.24) is 0 Å². The Bertz CT molecular complexity index is 1280. The summed E-state index contributed by atoms with van der Waals surface area (Å²) in [6.07, 6.45) is -2.12. The van der Waals surface area contributed by atoms with Gasteiger partial charge in [0.05, 0.1) is 25.4 Å². The summed E-state index contributed by atoms with van der Waals surface area (Å²) < 4.78 is 49.1. The Morgan fingerprint density at radius 1 is 0.860 bits per heavy atom. The lowest BCUT2D eigenvalue weighted by Gasteiger charge is -2.43. The second-order valence-electron chi connectivity index (χ2n) is 11.4. The molecule has 43 heavy (non-hydrogen) atoms. The van der Waals surface area contributed by atoms with Gasteiger partial charge >= 0.3 is 13.6 Å². The van der Waals surface area contributed by atoms with Gasteiger partial charge in [-0.2, -0.15) is 0 Å². The Morgan fingerprint density at radius 2 is 1.37 bits per heavy atom. The summed E-state index contributed by atoms with van der Waals surface area (Å²) in [5.74, 6) is -0.459. The molecule has 0 aromatic heterocycles. The summed E-state index contributed by atoms with van der Waals surface area (Å²) in [4.78, 5) is 13.1. The molecule has 1 aliphatic rings. The van der Waals surface area contributed by atoms with Crippen LogP contribution in [-0.2, 0) is 32.2 Å². The molecule has 0 bridgehead atoms. The van der Waals surface area contributed by atoms with Crippen LogP contribution >= 0.6 is 7.60 Å². The van der Waals surface area contributed by atoms with E-state index < -0.39 is 40.4 Å². The molecule has 0 N–H and O–H groups in total. The van der Waals surface area contributed by atoms with Crippen molar-refractivity contribution in [3.63, 3.8) is 0 Å². The summed E-state index contributed by atoms with van der Waals surface area (Å²) in [6.45, 7) is 10.7. The average Bonchev–Trinajstić information content (AvgIpc) is 3.39. The number of benzene rings is 3. The van der Waals surface area contributed by atoms with Crippen molar-refractivity contribution in [1.29, 1.82) is 0 Å². The molecule has 1 saturated heterocycles. The van der Waals surface area contributed by atoms with Crippen molar-refractivity contribution in [3.05, 3.63) is 96.6 Å². The number of carbonyl (C=O) groups is 1. The van der Waals surface area contributed by atoms with Crippen molar-refractivity contribution in [2.24, 2.45) is 0 Å². The summed E-state index contributed by atoms with van der Waals surface area (Å²) in [5.41, 5.74) is 0.440. The molecule has 3 aromatic carbocycles. The highest BCUT2D eigenvalue weighted by Gasteiger charge is 2.51. The predicted octanol–water partition coefficient (Wildman–Crippen LogP) is 6.14. The van der Waals surface area contributed by atoms with Gasteiger partial charge in [0.15, 0.2) is 12.6 Å². The molecule has 0 aliphatic carbocycles. The summed E-state index contributed by atoms with van der Waals surface area (Å²) in [7, 11) is -6.35. The van der Waals surface area contributed by atoms with Crippen LogP contribution in [0.2, 0.25) is 5.04 Å². The quantitative estimate of drug-likeness (QED) is 0.120. The van der Waals surface area contributed by atoms with Crippen LogP contribution in [-0.4, -0.2) is 59.0 Å². The molecule has 0 spiro atoms. The van der Waals surface area contributed by atoms with Crippen LogP contribution in [0.4, 0.5) is 0 Å². The summed E-state index contributed by atoms with van der Waals surface area (Å²) in [6, 6.07) is 29.5. The Morgan fingerprint density at radius 3 is 1.86 bits per heavy atom. The first-order valence-corrected chi connectivity index (χ1v) is 18.4. The van der Waals surface area contributed by atoms with Gasteiger partial charge in [-0.25, -0.2) is 4.79 Å². The first kappa shape index (κ1) is 33.3. The zero-order valence-electron chi connectivity index (χ0n) is 25.6. The lowest BCUT2D eigenvalue weighted by atomic mass is 10.2. The molecule has 1 aliphatic heterocycles. The van der Waals surface area contributed by atoms with Gasteiger partial charge in [-0.3, -0.25) is 4.57 Å². The van der Waals surface area contributed by atoms with Crippen LogP contribution in [0.5, 0.6) is 0 Å². The zero-order chi connectivity index (χ0) is 30.9. The van der Waals surface area contributed by atoms with Gasteiger partial charge in [0.2, 0.25) is 0 Å². The molecule has 1 fully saturated rings. The van der Waals surface area contributed by atoms with E-state index in [0.717, 1.165) is 10.4 Å². The zero-order valence-corrected chi connectivity index (χ0v) is 27.5. The highest BCUT2D eigenvalue weighted by Crippen LogP contribution is 2.48. The van der Waals surface area contributed by atoms with Crippen LogP contribution in [0, 0.1) is 0 Å². The maximum atomic E-state index is 13.1. The molecule has 4 rings (SSSR count). The van der Waals surface area contributed by atoms with Crippen LogP contribution < -0.4 is 10.4 Å². The minimum Gasteiger partial charge on any atom is -0.456 e. The van der Waals surface area contributed by atoms with Crippen molar-refractivity contribution >= 4 is 32.3 Å². The van der Waals surface area contributed by atoms with Crippen molar-refractivity contribution in [2.75, 3.05) is 26.2 Å². The van der Waals surface area contributed by atoms with E-state index in [2.05, 4.69) is 45.0 Å². The van der Waals surface area contributed by atoms with Crippen LogP contribution in [0.15, 0.2) is 91.0 Å². The molecule has 1 heterocycles. The Hall–Kier alpha value is -2.62. The highest BCUT2D eigenvalue weighted by molar-refractivity contribution is 7.53. The first-order chi connectivity index (χ1) is 20.6. The van der Waals surface area contributed by atoms with E-state index in [4.69, 9.17) is 27.7 Å². The molecular formula is C33H43O8PSi. The lowest BCUT2D eigenvalue weighted by molar-refractivity contribution is -0.134. The van der Waals surface area contributed by atoms with Gasteiger partial charge in [0, 0.05) is 6.42 Å². The van der Waals surface area contributed by atoms with E-state index in [1.807, 2.05) is 42.5 Å². The van der Waals surface area contributed by atoms with E-state index in [-0.39, 0.29) is 37.6 Å². The predicted molar refractivity (Wildman–Crippen MR) is 169 cm³/mol. The fourth-order valence-corrected chi connectivity index (χ4v) is 11.4. The molecular weight excluding hydrogens is 583 g/mol. The van der Waals surface area contributed by atoms with Crippen LogP contribution in [0.3, 0.4) is 0 Å². The van der Waals surface area contributed by atoms with Gasteiger partial charge in [0.1, 0.15) is 12.2 Å². The smallest absolute Gasteiger partial charge is 0.356 e. The number of hydrogen-bond donors (Lipinski definition) is 0. The minimum absolute atomic E-state index is 0.161. The van der Waals surface area contributed by atoms with Gasteiger partial charge in [-0.1, -0.05) is 99.6 Å². The number of ether oxygens (including phenoxy) is 3. The third-order valence-corrected chi connectivity index (χ3v) is 14.2. The molecule has 8 nitrogen and oxygen atoms in total. The van der Waals surface area contributed by atoms with Gasteiger partial charge < -0.3 is 27.7 Å². The second-order valence-corrected chi connectivity index (χ2v) is 17.7. The third kappa shape index (κ3) is 8.11. The molecule has 0 amide bonds. The fraction of sp³-hybridized carbons (Fsp3) is 0.424. The molecule has 1 unspecified atom stereocenters. The van der Waals surface area contributed by atoms with Crippen LogP contribution in [0.25, 0.3) is 0 Å². The molecule has 232 valence electrons. The molecule has 0 saturated carbocycles. The third-order valence-electron chi connectivity index (χ3n) is 7.38. The van der Waals surface area contributed by atoms with E-state index >= 15 is 0 Å². The van der Waals surface area contributed by atoms with E-state index in [9.17, 15) is 9.36 Å². The average molecular weight is 627 g/mol. The Kier molecular flexibility index (Phi) is 11.5. The van der Waals surface area contributed by atoms with Crippen molar-refractivity contribution in [3.8, 4) is 0 Å². The topological polar surface area (TPSA) is 89.5 Å². The number of hydrogen-bond acceptors (Lipinski definition) is 8. The van der Waals surface area contributed by atoms with Crippen molar-refractivity contribution < 1.29 is 37.0 Å².